The molecule has 156 valence electrons. The van der Waals surface area contributed by atoms with Gasteiger partial charge in [-0.3, -0.25) is 0 Å². The maximum atomic E-state index is 14.6. The Kier molecular flexibility index (Phi) is 5.94. The molecule has 3 aromatic rings. The first-order chi connectivity index (χ1) is 14.5. The second-order valence-electron chi connectivity index (χ2n) is 8.14. The predicted octanol–water partition coefficient (Wildman–Crippen LogP) is 7.96. The standard InChI is InChI=1S/C26H24F4/c1-2-3-4-16-5-11-21(23(27)13-16)18-8-6-17(7-9-18)19-10-12-22-20(14-19)15-24(28)26(30)25(22)29/h2-3,5,10-15,17-18H,4,6-9H2,1H3. The Bertz CT molecular complexity index is 1090. The van der Waals surface area contributed by atoms with Crippen molar-refractivity contribution in [2.75, 3.05) is 0 Å². The third-order valence-electron chi connectivity index (χ3n) is 6.29. The fourth-order valence-corrected chi connectivity index (χ4v) is 4.60. The van der Waals surface area contributed by atoms with Gasteiger partial charge in [0.1, 0.15) is 5.82 Å². The second kappa shape index (κ2) is 8.63. The summed E-state index contributed by atoms with van der Waals surface area (Å²) in [6.07, 6.45) is 8.17. The van der Waals surface area contributed by atoms with Gasteiger partial charge in [0.05, 0.1) is 0 Å². The topological polar surface area (TPSA) is 0 Å². The molecular weight excluding hydrogens is 388 g/mol. The lowest BCUT2D eigenvalue weighted by Crippen LogP contribution is -2.13. The molecule has 0 radical (unpaired) electrons. The fourth-order valence-electron chi connectivity index (χ4n) is 4.60. The van der Waals surface area contributed by atoms with Crippen LogP contribution in [0.25, 0.3) is 10.8 Å². The molecule has 0 amide bonds. The molecule has 0 saturated heterocycles. The van der Waals surface area contributed by atoms with Gasteiger partial charge < -0.3 is 0 Å². The number of benzene rings is 3. The number of halogens is 4. The van der Waals surface area contributed by atoms with E-state index in [9.17, 15) is 17.6 Å². The monoisotopic (exact) mass is 412 g/mol. The lowest BCUT2D eigenvalue weighted by molar-refractivity contribution is 0.387. The van der Waals surface area contributed by atoms with Crippen LogP contribution in [0.2, 0.25) is 0 Å². The maximum absolute atomic E-state index is 14.6. The molecule has 30 heavy (non-hydrogen) atoms. The van der Waals surface area contributed by atoms with Crippen LogP contribution < -0.4 is 0 Å². The van der Waals surface area contributed by atoms with Gasteiger partial charge in [0, 0.05) is 5.39 Å². The summed E-state index contributed by atoms with van der Waals surface area (Å²) in [6, 6.07) is 11.7. The van der Waals surface area contributed by atoms with Crippen molar-refractivity contribution >= 4 is 10.8 Å². The molecule has 0 spiro atoms. The highest BCUT2D eigenvalue weighted by atomic mass is 19.2. The molecule has 0 heterocycles. The fraction of sp³-hybridized carbons (Fsp3) is 0.308. The highest BCUT2D eigenvalue weighted by molar-refractivity contribution is 5.84. The van der Waals surface area contributed by atoms with Gasteiger partial charge in [-0.05, 0) is 85.1 Å². The molecule has 4 heteroatoms. The van der Waals surface area contributed by atoms with E-state index in [2.05, 4.69) is 0 Å². The van der Waals surface area contributed by atoms with Gasteiger partial charge in [-0.2, -0.15) is 0 Å². The summed E-state index contributed by atoms with van der Waals surface area (Å²) in [5.41, 5.74) is 2.74. The summed E-state index contributed by atoms with van der Waals surface area (Å²) in [5.74, 6) is -3.46. The molecule has 1 aliphatic carbocycles. The van der Waals surface area contributed by atoms with Crippen molar-refractivity contribution in [1.29, 1.82) is 0 Å². The predicted molar refractivity (Wildman–Crippen MR) is 113 cm³/mol. The lowest BCUT2D eigenvalue weighted by atomic mass is 9.75. The van der Waals surface area contributed by atoms with Gasteiger partial charge in [-0.15, -0.1) is 0 Å². The summed E-state index contributed by atoms with van der Waals surface area (Å²) < 4.78 is 55.6. The van der Waals surface area contributed by atoms with Gasteiger partial charge >= 0.3 is 0 Å². The molecule has 1 saturated carbocycles. The van der Waals surface area contributed by atoms with Gasteiger partial charge in [-0.25, -0.2) is 17.6 Å². The van der Waals surface area contributed by atoms with Gasteiger partial charge in [0.25, 0.3) is 0 Å². The van der Waals surface area contributed by atoms with E-state index in [1.807, 2.05) is 31.2 Å². The normalized spacial score (nSPS) is 19.6. The number of fused-ring (bicyclic) bond motifs is 1. The van der Waals surface area contributed by atoms with Crippen molar-refractivity contribution in [1.82, 2.24) is 0 Å². The summed E-state index contributed by atoms with van der Waals surface area (Å²) in [5, 5.41) is 0.459. The van der Waals surface area contributed by atoms with Crippen molar-refractivity contribution in [2.45, 2.75) is 50.9 Å². The van der Waals surface area contributed by atoms with Crippen LogP contribution in [-0.2, 0) is 6.42 Å². The molecule has 1 aliphatic rings. The molecule has 3 aromatic carbocycles. The minimum atomic E-state index is -1.44. The first kappa shape index (κ1) is 20.6. The van der Waals surface area contributed by atoms with Crippen molar-refractivity contribution in [2.24, 2.45) is 0 Å². The van der Waals surface area contributed by atoms with E-state index >= 15 is 0 Å². The molecule has 0 unspecified atom stereocenters. The highest BCUT2D eigenvalue weighted by Crippen LogP contribution is 2.42. The minimum Gasteiger partial charge on any atom is -0.207 e. The number of hydrogen-bond donors (Lipinski definition) is 0. The zero-order valence-electron chi connectivity index (χ0n) is 16.9. The Hall–Kier alpha value is -2.62. The summed E-state index contributed by atoms with van der Waals surface area (Å²) >= 11 is 0. The van der Waals surface area contributed by atoms with Crippen molar-refractivity contribution in [3.63, 3.8) is 0 Å². The van der Waals surface area contributed by atoms with Crippen LogP contribution in [0.4, 0.5) is 17.6 Å². The maximum Gasteiger partial charge on any atom is 0.195 e. The van der Waals surface area contributed by atoms with Crippen LogP contribution in [0, 0.1) is 23.3 Å². The minimum absolute atomic E-state index is 0.0893. The Balaban J connectivity index is 1.49. The van der Waals surface area contributed by atoms with E-state index in [-0.39, 0.29) is 23.0 Å². The highest BCUT2D eigenvalue weighted by Gasteiger charge is 2.26. The molecule has 0 nitrogen and oxygen atoms in total. The van der Waals surface area contributed by atoms with Crippen LogP contribution >= 0.6 is 0 Å². The summed E-state index contributed by atoms with van der Waals surface area (Å²) in [6.45, 7) is 1.95. The van der Waals surface area contributed by atoms with Crippen LogP contribution in [-0.4, -0.2) is 0 Å². The van der Waals surface area contributed by atoms with Gasteiger partial charge in [0.15, 0.2) is 17.5 Å². The molecular formula is C26H24F4. The van der Waals surface area contributed by atoms with Crippen molar-refractivity contribution in [3.05, 3.63) is 94.6 Å². The molecule has 0 aliphatic heterocycles. The summed E-state index contributed by atoms with van der Waals surface area (Å²) in [4.78, 5) is 0. The third kappa shape index (κ3) is 4.00. The van der Waals surface area contributed by atoms with Crippen molar-refractivity contribution < 1.29 is 17.6 Å². The second-order valence-corrected chi connectivity index (χ2v) is 8.14. The van der Waals surface area contributed by atoms with E-state index in [4.69, 9.17) is 0 Å². The van der Waals surface area contributed by atoms with E-state index in [0.717, 1.165) is 54.9 Å². The molecule has 0 N–H and O–H groups in total. The van der Waals surface area contributed by atoms with Gasteiger partial charge in [0.2, 0.25) is 0 Å². The van der Waals surface area contributed by atoms with Crippen LogP contribution in [0.5, 0.6) is 0 Å². The molecule has 0 aromatic heterocycles. The van der Waals surface area contributed by atoms with E-state index in [1.165, 1.54) is 6.07 Å². The molecule has 0 atom stereocenters. The number of hydrogen-bond acceptors (Lipinski definition) is 0. The zero-order valence-corrected chi connectivity index (χ0v) is 16.9. The SMILES string of the molecule is CC=CCc1ccc(C2CCC(c3ccc4c(F)c(F)c(F)cc4c3)CC2)c(F)c1. The van der Waals surface area contributed by atoms with E-state index in [0.29, 0.717) is 5.39 Å². The zero-order chi connectivity index (χ0) is 21.3. The smallest absolute Gasteiger partial charge is 0.195 e. The largest absolute Gasteiger partial charge is 0.207 e. The van der Waals surface area contributed by atoms with Crippen LogP contribution in [0.1, 0.15) is 61.1 Å². The number of rotatable bonds is 4. The summed E-state index contributed by atoms with van der Waals surface area (Å²) in [7, 11) is 0. The van der Waals surface area contributed by atoms with Crippen LogP contribution in [0.3, 0.4) is 0 Å². The Morgan fingerprint density at radius 2 is 1.53 bits per heavy atom. The Labute approximate surface area is 174 Å². The molecule has 1 fully saturated rings. The Morgan fingerprint density at radius 3 is 2.23 bits per heavy atom. The van der Waals surface area contributed by atoms with Crippen LogP contribution in [0.15, 0.2) is 54.6 Å². The third-order valence-corrected chi connectivity index (χ3v) is 6.29. The first-order valence-electron chi connectivity index (χ1n) is 10.4. The Morgan fingerprint density at radius 1 is 0.800 bits per heavy atom. The lowest BCUT2D eigenvalue weighted by Gasteiger charge is -2.29. The quantitative estimate of drug-likeness (QED) is 0.232. The van der Waals surface area contributed by atoms with Crippen molar-refractivity contribution in [3.8, 4) is 0 Å². The average molecular weight is 412 g/mol. The number of allylic oxidation sites excluding steroid dienone is 2. The average Bonchev–Trinajstić information content (AvgIpc) is 2.76. The molecule has 4 rings (SSSR count). The van der Waals surface area contributed by atoms with E-state index < -0.39 is 17.5 Å². The van der Waals surface area contributed by atoms with Gasteiger partial charge in [-0.1, -0.05) is 42.5 Å². The van der Waals surface area contributed by atoms with E-state index in [1.54, 1.807) is 18.2 Å². The molecule has 0 bridgehead atoms. The first-order valence-corrected chi connectivity index (χ1v) is 10.4.